The number of hydrazine groups is 1. The molecule has 4 N–H and O–H groups in total. The minimum atomic E-state index is 0.290. The lowest BCUT2D eigenvalue weighted by atomic mass is 10.1. The molecule has 2 aromatic heterocycles. The van der Waals surface area contributed by atoms with Crippen LogP contribution in [0.25, 0.3) is 5.78 Å². The van der Waals surface area contributed by atoms with Crippen molar-refractivity contribution in [1.82, 2.24) is 19.6 Å². The maximum atomic E-state index is 5.51. The third-order valence-corrected chi connectivity index (χ3v) is 2.66. The molecule has 2 rings (SSSR count). The SMILES string of the molecule is COCCNc1nc2nc(C(C)C)cc(NN)n2n1. The largest absolute Gasteiger partial charge is 0.383 e. The lowest BCUT2D eigenvalue weighted by molar-refractivity contribution is 0.210. The summed E-state index contributed by atoms with van der Waals surface area (Å²) in [5.74, 6) is 7.47. The Morgan fingerprint density at radius 2 is 2.21 bits per heavy atom. The maximum absolute atomic E-state index is 5.51. The van der Waals surface area contributed by atoms with Gasteiger partial charge in [-0.15, -0.1) is 5.10 Å². The molecule has 0 spiro atoms. The average Bonchev–Trinajstić information content (AvgIpc) is 2.80. The fourth-order valence-electron chi connectivity index (χ4n) is 1.63. The molecular formula is C11H19N7O. The van der Waals surface area contributed by atoms with E-state index in [0.717, 1.165) is 5.69 Å². The van der Waals surface area contributed by atoms with E-state index in [4.69, 9.17) is 10.6 Å². The molecule has 104 valence electrons. The summed E-state index contributed by atoms with van der Waals surface area (Å²) >= 11 is 0. The molecule has 0 aliphatic heterocycles. The Balaban J connectivity index is 2.34. The zero-order valence-corrected chi connectivity index (χ0v) is 11.3. The highest BCUT2D eigenvalue weighted by atomic mass is 16.5. The van der Waals surface area contributed by atoms with Crippen molar-refractivity contribution in [2.75, 3.05) is 31.0 Å². The van der Waals surface area contributed by atoms with E-state index in [0.29, 0.717) is 36.6 Å². The second-order valence-electron chi connectivity index (χ2n) is 4.43. The van der Waals surface area contributed by atoms with Crippen LogP contribution in [0, 0.1) is 0 Å². The monoisotopic (exact) mass is 265 g/mol. The summed E-state index contributed by atoms with van der Waals surface area (Å²) in [6.07, 6.45) is 0. The normalized spacial score (nSPS) is 11.2. The number of nitrogens with two attached hydrogens (primary N) is 1. The lowest BCUT2D eigenvalue weighted by Gasteiger charge is -2.07. The van der Waals surface area contributed by atoms with E-state index in [-0.39, 0.29) is 0 Å². The first-order valence-corrected chi connectivity index (χ1v) is 6.13. The van der Waals surface area contributed by atoms with Gasteiger partial charge >= 0.3 is 0 Å². The summed E-state index contributed by atoms with van der Waals surface area (Å²) in [6, 6.07) is 1.87. The molecule has 0 saturated heterocycles. The van der Waals surface area contributed by atoms with Crippen molar-refractivity contribution in [2.45, 2.75) is 19.8 Å². The number of nitrogens with one attached hydrogen (secondary N) is 2. The number of aromatic nitrogens is 4. The van der Waals surface area contributed by atoms with Gasteiger partial charge in [-0.2, -0.15) is 9.50 Å². The number of fused-ring (bicyclic) bond motifs is 1. The third-order valence-electron chi connectivity index (χ3n) is 2.66. The van der Waals surface area contributed by atoms with E-state index >= 15 is 0 Å². The molecule has 8 nitrogen and oxygen atoms in total. The van der Waals surface area contributed by atoms with Crippen molar-refractivity contribution in [1.29, 1.82) is 0 Å². The highest BCUT2D eigenvalue weighted by Gasteiger charge is 2.12. The molecule has 8 heteroatoms. The lowest BCUT2D eigenvalue weighted by Crippen LogP contribution is -2.13. The van der Waals surface area contributed by atoms with Gasteiger partial charge in [-0.25, -0.2) is 10.8 Å². The van der Waals surface area contributed by atoms with Crippen LogP contribution >= 0.6 is 0 Å². The number of rotatable bonds is 6. The van der Waals surface area contributed by atoms with Crippen molar-refractivity contribution in [2.24, 2.45) is 5.84 Å². The molecule has 0 unspecified atom stereocenters. The molecule has 2 heterocycles. The molecule has 0 fully saturated rings. The summed E-state index contributed by atoms with van der Waals surface area (Å²) in [5, 5.41) is 7.35. The zero-order valence-electron chi connectivity index (χ0n) is 11.3. The Morgan fingerprint density at radius 3 is 2.84 bits per heavy atom. The Hall–Kier alpha value is -1.93. The van der Waals surface area contributed by atoms with Crippen molar-refractivity contribution < 1.29 is 4.74 Å². The zero-order chi connectivity index (χ0) is 13.8. The first-order valence-electron chi connectivity index (χ1n) is 6.13. The van der Waals surface area contributed by atoms with E-state index < -0.39 is 0 Å². The Morgan fingerprint density at radius 1 is 1.42 bits per heavy atom. The number of nitrogens with zero attached hydrogens (tertiary/aromatic N) is 4. The molecule has 0 saturated carbocycles. The smallest absolute Gasteiger partial charge is 0.256 e. The highest BCUT2D eigenvalue weighted by Crippen LogP contribution is 2.18. The van der Waals surface area contributed by atoms with Crippen LogP contribution in [-0.2, 0) is 4.74 Å². The average molecular weight is 265 g/mol. The Labute approximate surface area is 111 Å². The fourth-order valence-corrected chi connectivity index (χ4v) is 1.63. The van der Waals surface area contributed by atoms with Gasteiger partial charge < -0.3 is 15.5 Å². The molecule has 0 aliphatic carbocycles. The Bertz CT molecular complexity index is 551. The second kappa shape index (κ2) is 5.81. The topological polar surface area (TPSA) is 102 Å². The first-order chi connectivity index (χ1) is 9.15. The van der Waals surface area contributed by atoms with E-state index in [1.807, 2.05) is 6.07 Å². The van der Waals surface area contributed by atoms with Crippen LogP contribution in [0.5, 0.6) is 0 Å². The Kier molecular flexibility index (Phi) is 4.13. The molecule has 0 amide bonds. The number of anilines is 2. The van der Waals surface area contributed by atoms with Crippen molar-refractivity contribution in [3.8, 4) is 0 Å². The first kappa shape index (κ1) is 13.5. The van der Waals surface area contributed by atoms with Crippen LogP contribution in [0.4, 0.5) is 11.8 Å². The van der Waals surface area contributed by atoms with Gasteiger partial charge in [-0.1, -0.05) is 13.8 Å². The highest BCUT2D eigenvalue weighted by molar-refractivity contribution is 5.48. The summed E-state index contributed by atoms with van der Waals surface area (Å²) in [7, 11) is 1.64. The third kappa shape index (κ3) is 2.91. The van der Waals surface area contributed by atoms with Gasteiger partial charge in [0.1, 0.15) is 5.82 Å². The van der Waals surface area contributed by atoms with Crippen molar-refractivity contribution >= 4 is 17.5 Å². The summed E-state index contributed by atoms with van der Waals surface area (Å²) < 4.78 is 6.53. The fraction of sp³-hybridized carbons (Fsp3) is 0.545. The summed E-state index contributed by atoms with van der Waals surface area (Å²) in [5.41, 5.74) is 3.53. The predicted molar refractivity (Wildman–Crippen MR) is 73.0 cm³/mol. The number of nitrogen functional groups attached to an aromatic ring is 1. The van der Waals surface area contributed by atoms with E-state index in [9.17, 15) is 0 Å². The molecule has 0 atom stereocenters. The summed E-state index contributed by atoms with van der Waals surface area (Å²) in [4.78, 5) is 8.77. The number of hydrogen-bond acceptors (Lipinski definition) is 7. The van der Waals surface area contributed by atoms with Crippen LogP contribution in [0.2, 0.25) is 0 Å². The van der Waals surface area contributed by atoms with Crippen LogP contribution < -0.4 is 16.6 Å². The van der Waals surface area contributed by atoms with E-state index in [2.05, 4.69) is 39.7 Å². The summed E-state index contributed by atoms with van der Waals surface area (Å²) in [6.45, 7) is 5.35. The van der Waals surface area contributed by atoms with Crippen LogP contribution in [0.15, 0.2) is 6.07 Å². The van der Waals surface area contributed by atoms with Crippen molar-refractivity contribution in [3.63, 3.8) is 0 Å². The minimum absolute atomic E-state index is 0.290. The van der Waals surface area contributed by atoms with Crippen LogP contribution in [0.3, 0.4) is 0 Å². The molecule has 0 aliphatic rings. The van der Waals surface area contributed by atoms with Gasteiger partial charge in [-0.05, 0) is 5.92 Å². The molecule has 19 heavy (non-hydrogen) atoms. The molecular weight excluding hydrogens is 246 g/mol. The van der Waals surface area contributed by atoms with Gasteiger partial charge in [0.2, 0.25) is 5.95 Å². The van der Waals surface area contributed by atoms with Gasteiger partial charge in [0.15, 0.2) is 0 Å². The van der Waals surface area contributed by atoms with Gasteiger partial charge in [-0.3, -0.25) is 0 Å². The van der Waals surface area contributed by atoms with Gasteiger partial charge in [0, 0.05) is 19.7 Å². The van der Waals surface area contributed by atoms with Crippen molar-refractivity contribution in [3.05, 3.63) is 11.8 Å². The molecule has 0 radical (unpaired) electrons. The van der Waals surface area contributed by atoms with Crippen LogP contribution in [0.1, 0.15) is 25.5 Å². The van der Waals surface area contributed by atoms with Gasteiger partial charge in [0.25, 0.3) is 5.78 Å². The molecule has 0 bridgehead atoms. The minimum Gasteiger partial charge on any atom is -0.383 e. The number of hydrogen-bond donors (Lipinski definition) is 3. The number of methoxy groups -OCH3 is 1. The van der Waals surface area contributed by atoms with E-state index in [1.54, 1.807) is 11.6 Å². The predicted octanol–water partition coefficient (Wildman–Crippen LogP) is 0.592. The molecule has 0 aromatic carbocycles. The quantitative estimate of drug-likeness (QED) is 0.399. The standard InChI is InChI=1S/C11H19N7O/c1-7(2)8-6-9(16-12)18-11(14-8)15-10(17-18)13-4-5-19-3/h6-7,16H,4-5,12H2,1-3H3,(H,13,17). The van der Waals surface area contributed by atoms with Gasteiger partial charge in [0.05, 0.1) is 12.3 Å². The van der Waals surface area contributed by atoms with Crippen LogP contribution in [-0.4, -0.2) is 39.8 Å². The second-order valence-corrected chi connectivity index (χ2v) is 4.43. The number of ether oxygens (including phenoxy) is 1. The molecule has 2 aromatic rings. The van der Waals surface area contributed by atoms with E-state index in [1.165, 1.54) is 0 Å². The maximum Gasteiger partial charge on any atom is 0.256 e.